The van der Waals surface area contributed by atoms with E-state index in [2.05, 4.69) is 0 Å². The van der Waals surface area contributed by atoms with Crippen LogP contribution in [0.1, 0.15) is 21.6 Å². The van der Waals surface area contributed by atoms with Crippen molar-refractivity contribution in [3.8, 4) is 11.3 Å². The van der Waals surface area contributed by atoms with Crippen molar-refractivity contribution in [2.45, 2.75) is 24.2 Å². The van der Waals surface area contributed by atoms with Gasteiger partial charge in [-0.15, -0.1) is 0 Å². The van der Waals surface area contributed by atoms with E-state index in [1.165, 1.54) is 0 Å². The average Bonchev–Trinajstić information content (AvgIpc) is 3.05. The van der Waals surface area contributed by atoms with Crippen LogP contribution in [-0.2, 0) is 29.3 Å². The van der Waals surface area contributed by atoms with Gasteiger partial charge in [0.25, 0.3) is 0 Å². The molecule has 2 aromatic carbocycles. The van der Waals surface area contributed by atoms with Gasteiger partial charge in [0.1, 0.15) is 5.56 Å². The van der Waals surface area contributed by atoms with Crippen LogP contribution in [0, 0.1) is 0 Å². The van der Waals surface area contributed by atoms with Gasteiger partial charge >= 0.3 is 12.1 Å². The summed E-state index contributed by atoms with van der Waals surface area (Å²) in [5.41, 5.74) is -0.0200. The third-order valence-electron chi connectivity index (χ3n) is 5.27. The molecular weight excluding hydrogens is 469 g/mol. The van der Waals surface area contributed by atoms with Crippen LogP contribution in [0.4, 0.5) is 13.2 Å². The van der Waals surface area contributed by atoms with E-state index in [9.17, 15) is 31.5 Å². The monoisotopic (exact) mass is 484 g/mol. The van der Waals surface area contributed by atoms with Gasteiger partial charge in [0, 0.05) is 18.8 Å². The fraction of sp³-hybridized carbons (Fsp3) is 0.190. The first kappa shape index (κ1) is 22.4. The lowest BCUT2D eigenvalue weighted by atomic mass is 10.1. The van der Waals surface area contributed by atoms with Crippen molar-refractivity contribution in [2.24, 2.45) is 0 Å². The van der Waals surface area contributed by atoms with Gasteiger partial charge < -0.3 is 9.67 Å². The number of carboxylic acid groups (broad SMARTS) is 1. The topological polar surface area (TPSA) is 79.6 Å². The van der Waals surface area contributed by atoms with Crippen LogP contribution >= 0.6 is 11.6 Å². The Hall–Kier alpha value is -2.82. The van der Waals surface area contributed by atoms with Crippen LogP contribution in [0.15, 0.2) is 59.5 Å². The van der Waals surface area contributed by atoms with Crippen molar-refractivity contribution >= 4 is 27.6 Å². The Bertz CT molecular complexity index is 1300. The van der Waals surface area contributed by atoms with E-state index in [-0.39, 0.29) is 35.9 Å². The molecule has 168 valence electrons. The molecule has 11 heteroatoms. The Labute approximate surface area is 186 Å². The predicted molar refractivity (Wildman–Crippen MR) is 111 cm³/mol. The van der Waals surface area contributed by atoms with Gasteiger partial charge in [0.2, 0.25) is 10.0 Å². The van der Waals surface area contributed by atoms with Crippen molar-refractivity contribution in [3.05, 3.63) is 76.4 Å². The number of hydrogen-bond acceptors (Lipinski definition) is 3. The summed E-state index contributed by atoms with van der Waals surface area (Å²) in [7, 11) is -4.31. The van der Waals surface area contributed by atoms with E-state index in [1.807, 2.05) is 0 Å². The molecule has 1 aliphatic rings. The van der Waals surface area contributed by atoms with Crippen LogP contribution in [0.25, 0.3) is 11.3 Å². The lowest BCUT2D eigenvalue weighted by Crippen LogP contribution is -2.38. The van der Waals surface area contributed by atoms with E-state index in [0.29, 0.717) is 17.3 Å². The van der Waals surface area contributed by atoms with Crippen molar-refractivity contribution < 1.29 is 31.5 Å². The molecule has 6 nitrogen and oxygen atoms in total. The molecule has 0 unspecified atom stereocenters. The molecule has 0 saturated carbocycles. The third kappa shape index (κ3) is 3.78. The second kappa shape index (κ2) is 7.95. The van der Waals surface area contributed by atoms with E-state index in [1.54, 1.807) is 34.9 Å². The van der Waals surface area contributed by atoms with Crippen LogP contribution < -0.4 is 0 Å². The molecule has 0 radical (unpaired) electrons. The molecule has 0 saturated heterocycles. The summed E-state index contributed by atoms with van der Waals surface area (Å²) < 4.78 is 68.0. The number of sulfonamides is 1. The molecule has 2 heterocycles. The Kier molecular flexibility index (Phi) is 5.56. The molecule has 0 spiro atoms. The fourth-order valence-corrected chi connectivity index (χ4v) is 5.63. The minimum absolute atomic E-state index is 0.0167. The number of carboxylic acids is 1. The standard InChI is InChI=1S/C21H16ClF3N2O4S/c22-18-17(20(28)29)16-12-26(9-10-27(16)19(18)13-5-2-1-3-6-13)32(30,31)15-8-4-7-14(11-15)21(23,24)25/h1-8,11H,9-10,12H2,(H,28,29). The molecule has 0 fully saturated rings. The minimum Gasteiger partial charge on any atom is -0.478 e. The van der Waals surface area contributed by atoms with Crippen molar-refractivity contribution in [1.29, 1.82) is 0 Å². The third-order valence-corrected chi connectivity index (χ3v) is 7.48. The molecule has 0 aliphatic carbocycles. The average molecular weight is 485 g/mol. The number of rotatable bonds is 4. The number of fused-ring (bicyclic) bond motifs is 1. The molecule has 1 aliphatic heterocycles. The number of alkyl halides is 3. The van der Waals surface area contributed by atoms with Gasteiger partial charge in [-0.3, -0.25) is 0 Å². The number of nitrogens with zero attached hydrogens (tertiary/aromatic N) is 2. The van der Waals surface area contributed by atoms with Gasteiger partial charge in [-0.05, 0) is 23.8 Å². The van der Waals surface area contributed by atoms with Crippen molar-refractivity contribution in [2.75, 3.05) is 6.54 Å². The lowest BCUT2D eigenvalue weighted by molar-refractivity contribution is -0.137. The van der Waals surface area contributed by atoms with Crippen molar-refractivity contribution in [1.82, 2.24) is 8.87 Å². The Morgan fingerprint density at radius 3 is 2.34 bits per heavy atom. The molecule has 32 heavy (non-hydrogen) atoms. The highest BCUT2D eigenvalue weighted by Crippen LogP contribution is 2.39. The number of hydrogen-bond donors (Lipinski definition) is 1. The number of aromatic nitrogens is 1. The molecule has 1 aromatic heterocycles. The van der Waals surface area contributed by atoms with Gasteiger partial charge in [-0.25, -0.2) is 13.2 Å². The minimum atomic E-state index is -4.70. The highest BCUT2D eigenvalue weighted by atomic mass is 35.5. The first-order valence-corrected chi connectivity index (χ1v) is 11.2. The second-order valence-corrected chi connectivity index (χ2v) is 9.49. The Morgan fingerprint density at radius 2 is 1.72 bits per heavy atom. The fourth-order valence-electron chi connectivity index (χ4n) is 3.79. The SMILES string of the molecule is O=C(O)c1c(Cl)c(-c2ccccc2)n2c1CN(S(=O)(=O)c1cccc(C(F)(F)F)c1)CC2. The van der Waals surface area contributed by atoms with Crippen LogP contribution in [0.2, 0.25) is 5.02 Å². The molecule has 3 aromatic rings. The van der Waals surface area contributed by atoms with Gasteiger partial charge in [0.05, 0.1) is 27.7 Å². The number of carbonyl (C=O) groups is 1. The molecular formula is C21H16ClF3N2O4S. The molecule has 0 amide bonds. The molecule has 1 N–H and O–H groups in total. The van der Waals surface area contributed by atoms with E-state index < -0.39 is 32.6 Å². The quantitative estimate of drug-likeness (QED) is 0.580. The lowest BCUT2D eigenvalue weighted by Gasteiger charge is -2.29. The van der Waals surface area contributed by atoms with Gasteiger partial charge in [0.15, 0.2) is 0 Å². The van der Waals surface area contributed by atoms with Gasteiger partial charge in [-0.2, -0.15) is 17.5 Å². The van der Waals surface area contributed by atoms with E-state index in [0.717, 1.165) is 22.5 Å². The summed E-state index contributed by atoms with van der Waals surface area (Å²) in [6, 6.07) is 12.3. The largest absolute Gasteiger partial charge is 0.478 e. The van der Waals surface area contributed by atoms with E-state index >= 15 is 0 Å². The summed E-state index contributed by atoms with van der Waals surface area (Å²) in [6.45, 7) is -0.313. The molecule has 4 rings (SSSR count). The number of aromatic carboxylic acids is 1. The molecule has 0 atom stereocenters. The maximum Gasteiger partial charge on any atom is 0.416 e. The first-order chi connectivity index (χ1) is 15.0. The Balaban J connectivity index is 1.78. The summed E-state index contributed by atoms with van der Waals surface area (Å²) >= 11 is 6.40. The first-order valence-electron chi connectivity index (χ1n) is 9.39. The number of halogens is 4. The second-order valence-electron chi connectivity index (χ2n) is 7.17. The molecule has 0 bridgehead atoms. The smallest absolute Gasteiger partial charge is 0.416 e. The maximum atomic E-state index is 13.1. The van der Waals surface area contributed by atoms with Gasteiger partial charge in [-0.1, -0.05) is 48.0 Å². The summed E-state index contributed by atoms with van der Waals surface area (Å²) in [6.07, 6.45) is -4.70. The Morgan fingerprint density at radius 1 is 1.03 bits per heavy atom. The summed E-state index contributed by atoms with van der Waals surface area (Å²) in [4.78, 5) is 11.4. The zero-order valence-electron chi connectivity index (χ0n) is 16.3. The summed E-state index contributed by atoms with van der Waals surface area (Å²) in [5.74, 6) is -1.32. The summed E-state index contributed by atoms with van der Waals surface area (Å²) in [5, 5.41) is 9.71. The zero-order valence-corrected chi connectivity index (χ0v) is 17.9. The van der Waals surface area contributed by atoms with E-state index in [4.69, 9.17) is 11.6 Å². The normalized spacial score (nSPS) is 14.9. The van der Waals surface area contributed by atoms with Crippen molar-refractivity contribution in [3.63, 3.8) is 0 Å². The van der Waals surface area contributed by atoms with Crippen LogP contribution in [-0.4, -0.2) is 34.9 Å². The highest BCUT2D eigenvalue weighted by Gasteiger charge is 2.37. The highest BCUT2D eigenvalue weighted by molar-refractivity contribution is 7.89. The number of benzene rings is 2. The maximum absolute atomic E-state index is 13.1. The van der Waals surface area contributed by atoms with Crippen LogP contribution in [0.5, 0.6) is 0 Å². The predicted octanol–water partition coefficient (Wildman–Crippen LogP) is 4.73. The zero-order chi connectivity index (χ0) is 23.3. The van der Waals surface area contributed by atoms with Crippen LogP contribution in [0.3, 0.4) is 0 Å².